The van der Waals surface area contributed by atoms with E-state index >= 15 is 0 Å². The first-order valence-electron chi connectivity index (χ1n) is 17.7. The van der Waals surface area contributed by atoms with Gasteiger partial charge >= 0.3 is 0 Å². The molecule has 0 amide bonds. The Bertz CT molecular complexity index is 1640. The molecule has 2 heterocycles. The first-order chi connectivity index (χ1) is 21.7. The van der Waals surface area contributed by atoms with Crippen LogP contribution in [0.15, 0.2) is 60.7 Å². The lowest BCUT2D eigenvalue weighted by atomic mass is 10.0. The Kier molecular flexibility index (Phi) is 13.2. The Morgan fingerprint density at radius 3 is 1.48 bits per heavy atom. The second-order valence-electron chi connectivity index (χ2n) is 12.8. The van der Waals surface area contributed by atoms with E-state index in [4.69, 9.17) is 0 Å². The van der Waals surface area contributed by atoms with Gasteiger partial charge in [-0.1, -0.05) is 146 Å². The number of thiophene rings is 2. The zero-order chi connectivity index (χ0) is 30.4. The van der Waals surface area contributed by atoms with Crippen LogP contribution in [-0.4, -0.2) is 0 Å². The van der Waals surface area contributed by atoms with Crippen molar-refractivity contribution in [2.75, 3.05) is 0 Å². The molecule has 0 aliphatic heterocycles. The first kappa shape index (κ1) is 32.8. The molecule has 0 spiro atoms. The molecule has 0 saturated heterocycles. The fraction of sp³-hybridized carbons (Fsp3) is 0.476. The lowest BCUT2D eigenvalue weighted by Gasteiger charge is -2.04. The van der Waals surface area contributed by atoms with Crippen LogP contribution in [0.2, 0.25) is 0 Å². The maximum atomic E-state index is 3.42. The number of hydrogen-bond donors (Lipinski definition) is 0. The van der Waals surface area contributed by atoms with E-state index in [1.165, 1.54) is 156 Å². The van der Waals surface area contributed by atoms with Crippen molar-refractivity contribution in [1.82, 2.24) is 0 Å². The van der Waals surface area contributed by atoms with Crippen LogP contribution in [0.3, 0.4) is 0 Å². The molecule has 0 atom stereocenters. The van der Waals surface area contributed by atoms with E-state index in [1.54, 1.807) is 0 Å². The van der Waals surface area contributed by atoms with Gasteiger partial charge in [-0.15, -0.1) is 22.7 Å². The molecule has 3 aromatic carbocycles. The van der Waals surface area contributed by atoms with E-state index < -0.39 is 0 Å². The summed E-state index contributed by atoms with van der Waals surface area (Å²) in [5, 5.41) is 2.80. The third kappa shape index (κ3) is 9.45. The van der Waals surface area contributed by atoms with Crippen LogP contribution in [0.5, 0.6) is 0 Å². The molecule has 0 nitrogen and oxygen atoms in total. The smallest absolute Gasteiger partial charge is 0.0542 e. The normalized spacial score (nSPS) is 11.5. The highest BCUT2D eigenvalue weighted by atomic mass is 32.1. The topological polar surface area (TPSA) is 0 Å². The minimum atomic E-state index is 1.10. The molecular formula is C42H52S2. The lowest BCUT2D eigenvalue weighted by Crippen LogP contribution is -1.86. The van der Waals surface area contributed by atoms with Gasteiger partial charge in [0, 0.05) is 31.3 Å². The van der Waals surface area contributed by atoms with Gasteiger partial charge in [0.05, 0.1) is 9.40 Å². The van der Waals surface area contributed by atoms with Crippen LogP contribution in [0, 0.1) is 11.8 Å². The van der Waals surface area contributed by atoms with E-state index in [0.29, 0.717) is 0 Å². The van der Waals surface area contributed by atoms with Gasteiger partial charge in [0.25, 0.3) is 0 Å². The predicted octanol–water partition coefficient (Wildman–Crippen LogP) is 14.0. The Hall–Kier alpha value is -2.60. The van der Waals surface area contributed by atoms with Gasteiger partial charge in [0.15, 0.2) is 0 Å². The minimum Gasteiger partial charge on any atom is -0.134 e. The van der Waals surface area contributed by atoms with Crippen molar-refractivity contribution in [3.63, 3.8) is 0 Å². The van der Waals surface area contributed by atoms with Gasteiger partial charge in [0.2, 0.25) is 0 Å². The second-order valence-corrected chi connectivity index (χ2v) is 14.9. The summed E-state index contributed by atoms with van der Waals surface area (Å²) in [5.41, 5.74) is 5.13. The zero-order valence-electron chi connectivity index (χ0n) is 27.3. The second kappa shape index (κ2) is 17.8. The summed E-state index contributed by atoms with van der Waals surface area (Å²) in [6.07, 6.45) is 24.6. The Balaban J connectivity index is 1.11. The van der Waals surface area contributed by atoms with Gasteiger partial charge in [-0.05, 0) is 67.1 Å². The summed E-state index contributed by atoms with van der Waals surface area (Å²) in [6.45, 7) is 4.57. The van der Waals surface area contributed by atoms with Gasteiger partial charge in [0.1, 0.15) is 0 Å². The van der Waals surface area contributed by atoms with Crippen LogP contribution >= 0.6 is 22.7 Å². The van der Waals surface area contributed by atoms with Crippen molar-refractivity contribution in [2.45, 2.75) is 129 Å². The third-order valence-corrected chi connectivity index (χ3v) is 11.6. The average molecular weight is 621 g/mol. The molecule has 0 N–H and O–H groups in total. The molecule has 0 aliphatic rings. The largest absolute Gasteiger partial charge is 0.134 e. The van der Waals surface area contributed by atoms with Crippen LogP contribution in [0.1, 0.15) is 139 Å². The lowest BCUT2D eigenvalue weighted by molar-refractivity contribution is 0.544. The number of aryl methyl sites for hydroxylation is 2. The van der Waals surface area contributed by atoms with Crippen molar-refractivity contribution in [2.24, 2.45) is 0 Å². The van der Waals surface area contributed by atoms with Gasteiger partial charge in [-0.2, -0.15) is 0 Å². The fourth-order valence-corrected chi connectivity index (χ4v) is 9.12. The molecular weight excluding hydrogens is 569 g/mol. The van der Waals surface area contributed by atoms with Crippen molar-refractivity contribution in [3.8, 4) is 11.8 Å². The van der Waals surface area contributed by atoms with Crippen LogP contribution < -0.4 is 0 Å². The molecule has 0 unspecified atom stereocenters. The molecule has 0 fully saturated rings. The predicted molar refractivity (Wildman–Crippen MR) is 200 cm³/mol. The van der Waals surface area contributed by atoms with Crippen molar-refractivity contribution in [3.05, 3.63) is 82.9 Å². The Labute approximate surface area is 275 Å². The van der Waals surface area contributed by atoms with Gasteiger partial charge < -0.3 is 0 Å². The summed E-state index contributed by atoms with van der Waals surface area (Å²) in [5.74, 6) is 6.82. The van der Waals surface area contributed by atoms with E-state index in [1.807, 2.05) is 22.7 Å². The molecule has 2 aromatic heterocycles. The molecule has 0 saturated carbocycles. The summed E-state index contributed by atoms with van der Waals surface area (Å²) < 4.78 is 5.68. The number of benzene rings is 3. The first-order valence-corrected chi connectivity index (χ1v) is 19.4. The number of hydrogen-bond acceptors (Lipinski definition) is 2. The van der Waals surface area contributed by atoms with E-state index in [9.17, 15) is 0 Å². The SMILES string of the molecule is CCCCCCCCCCCCCCc1ccc2c(c1)sc1c3ccc(C#Cc4ccc(CCCCCC)cc4)cc3sc21. The Morgan fingerprint density at radius 1 is 0.432 bits per heavy atom. The van der Waals surface area contributed by atoms with E-state index in [-0.39, 0.29) is 0 Å². The van der Waals surface area contributed by atoms with Crippen LogP contribution in [-0.2, 0) is 12.8 Å². The number of rotatable bonds is 18. The zero-order valence-corrected chi connectivity index (χ0v) is 29.0. The van der Waals surface area contributed by atoms with E-state index in [2.05, 4.69) is 86.4 Å². The summed E-state index contributed by atoms with van der Waals surface area (Å²) >= 11 is 3.90. The summed E-state index contributed by atoms with van der Waals surface area (Å²) in [7, 11) is 0. The molecule has 232 valence electrons. The summed E-state index contributed by atoms with van der Waals surface area (Å²) in [4.78, 5) is 0. The highest BCUT2D eigenvalue weighted by molar-refractivity contribution is 7.36. The quantitative estimate of drug-likeness (QED) is 0.0675. The molecule has 0 aliphatic carbocycles. The average Bonchev–Trinajstić information content (AvgIpc) is 3.58. The van der Waals surface area contributed by atoms with E-state index in [0.717, 1.165) is 11.1 Å². The highest BCUT2D eigenvalue weighted by Gasteiger charge is 2.13. The molecule has 44 heavy (non-hydrogen) atoms. The minimum absolute atomic E-state index is 1.10. The number of unbranched alkanes of at least 4 members (excludes halogenated alkanes) is 14. The highest BCUT2D eigenvalue weighted by Crippen LogP contribution is 2.44. The van der Waals surface area contributed by atoms with Gasteiger partial charge in [-0.25, -0.2) is 0 Å². The fourth-order valence-electron chi connectivity index (χ4n) is 6.36. The Morgan fingerprint density at radius 2 is 0.864 bits per heavy atom. The third-order valence-electron chi connectivity index (χ3n) is 9.09. The number of fused-ring (bicyclic) bond motifs is 5. The molecule has 2 heteroatoms. The molecule has 0 bridgehead atoms. The van der Waals surface area contributed by atoms with Crippen LogP contribution in [0.25, 0.3) is 29.6 Å². The maximum Gasteiger partial charge on any atom is 0.0542 e. The standard InChI is InChI=1S/C42H52S2/c1-3-5-7-9-10-11-12-13-14-15-16-18-20-35-27-29-37-39(31-35)43-42-38-30-28-36(32-40(38)44-41(37)42)26-25-34-23-21-33(22-24-34)19-17-8-6-4-2/h21-24,27-32H,3-20H2,1-2H3. The molecule has 5 aromatic rings. The monoisotopic (exact) mass is 620 g/mol. The van der Waals surface area contributed by atoms with Crippen LogP contribution in [0.4, 0.5) is 0 Å². The molecule has 5 rings (SSSR count). The summed E-state index contributed by atoms with van der Waals surface area (Å²) in [6, 6.07) is 22.9. The maximum absolute atomic E-state index is 3.42. The van der Waals surface area contributed by atoms with Crippen molar-refractivity contribution >= 4 is 52.2 Å². The van der Waals surface area contributed by atoms with Gasteiger partial charge in [-0.3, -0.25) is 0 Å². The van der Waals surface area contributed by atoms with Crippen molar-refractivity contribution < 1.29 is 0 Å². The molecule has 0 radical (unpaired) electrons. The van der Waals surface area contributed by atoms with Crippen molar-refractivity contribution in [1.29, 1.82) is 0 Å².